The number of nitro groups is 1. The second-order valence-corrected chi connectivity index (χ2v) is 4.17. The van der Waals surface area contributed by atoms with Crippen LogP contribution in [0.25, 0.3) is 0 Å². The lowest BCUT2D eigenvalue weighted by Crippen LogP contribution is -1.97. The normalized spacial score (nSPS) is 11.1. The lowest BCUT2D eigenvalue weighted by atomic mass is 9.95. The van der Waals surface area contributed by atoms with Gasteiger partial charge in [0.2, 0.25) is 0 Å². The second kappa shape index (κ2) is 4.43. The molecular weight excluding hydrogens is 190 g/mol. The predicted octanol–water partition coefficient (Wildman–Crippen LogP) is 3.66. The van der Waals surface area contributed by atoms with Gasteiger partial charge in [0.1, 0.15) is 0 Å². The molecule has 3 heteroatoms. The summed E-state index contributed by atoms with van der Waals surface area (Å²) in [6.45, 7) is 9.87. The Labute approximate surface area is 90.3 Å². The molecule has 15 heavy (non-hydrogen) atoms. The molecule has 81 valence electrons. The molecule has 0 fully saturated rings. The van der Waals surface area contributed by atoms with Crippen LogP contribution in [0.5, 0.6) is 0 Å². The van der Waals surface area contributed by atoms with Crippen LogP contribution in [0.15, 0.2) is 18.2 Å². The minimum absolute atomic E-state index is 0.0717. The number of nitrogens with zero attached hydrogens (tertiary/aromatic N) is 1. The van der Waals surface area contributed by atoms with Crippen LogP contribution in [0.4, 0.5) is 5.69 Å². The molecule has 0 spiro atoms. The Morgan fingerprint density at radius 2 is 1.73 bits per heavy atom. The third-order valence-electron chi connectivity index (χ3n) is 2.41. The van der Waals surface area contributed by atoms with Crippen LogP contribution < -0.4 is 0 Å². The minimum Gasteiger partial charge on any atom is -0.258 e. The Morgan fingerprint density at radius 3 is 2.13 bits per heavy atom. The number of benzene rings is 1. The third-order valence-corrected chi connectivity index (χ3v) is 2.41. The van der Waals surface area contributed by atoms with E-state index in [4.69, 9.17) is 0 Å². The van der Waals surface area contributed by atoms with Gasteiger partial charge >= 0.3 is 0 Å². The van der Waals surface area contributed by atoms with E-state index in [9.17, 15) is 10.1 Å². The monoisotopic (exact) mass is 206 g/mol. The van der Waals surface area contributed by atoms with Crippen molar-refractivity contribution in [2.24, 2.45) is 0 Å². The largest absolute Gasteiger partial charge is 0.269 e. The van der Waals surface area contributed by atoms with Gasteiger partial charge < -0.3 is 0 Å². The van der Waals surface area contributed by atoms with E-state index < -0.39 is 0 Å². The van der Waals surface area contributed by atoms with Crippen molar-refractivity contribution in [3.05, 3.63) is 46.4 Å². The van der Waals surface area contributed by atoms with Crippen molar-refractivity contribution < 1.29 is 4.92 Å². The van der Waals surface area contributed by atoms with Crippen molar-refractivity contribution in [1.29, 1.82) is 0 Å². The van der Waals surface area contributed by atoms with Crippen molar-refractivity contribution in [2.45, 2.75) is 32.6 Å². The second-order valence-electron chi connectivity index (χ2n) is 4.17. The average molecular weight is 206 g/mol. The zero-order valence-electron chi connectivity index (χ0n) is 9.36. The Balaban J connectivity index is 3.26. The van der Waals surface area contributed by atoms with Gasteiger partial charge in [-0.2, -0.15) is 0 Å². The highest BCUT2D eigenvalue weighted by atomic mass is 16.6. The summed E-state index contributed by atoms with van der Waals surface area (Å²) in [5.74, 6) is 0.366. The first-order valence-corrected chi connectivity index (χ1v) is 5.04. The van der Waals surface area contributed by atoms with Crippen molar-refractivity contribution in [2.75, 3.05) is 0 Å². The van der Waals surface area contributed by atoms with E-state index in [1.54, 1.807) is 12.1 Å². The molecule has 0 aliphatic heterocycles. The zero-order chi connectivity index (χ0) is 11.6. The van der Waals surface area contributed by atoms with Crippen LogP contribution in [0.2, 0.25) is 0 Å². The summed E-state index contributed by atoms with van der Waals surface area (Å²) in [6.07, 6.45) is 0. The molecule has 0 saturated carbocycles. The van der Waals surface area contributed by atoms with Crippen LogP contribution in [-0.2, 0) is 0 Å². The Bertz CT molecular complexity index is 344. The zero-order valence-corrected chi connectivity index (χ0v) is 9.36. The summed E-state index contributed by atoms with van der Waals surface area (Å²) >= 11 is 0. The molecule has 0 bridgehead atoms. The molecule has 0 aliphatic carbocycles. The number of hydrogen-bond donors (Lipinski definition) is 0. The maximum absolute atomic E-state index is 10.7. The Morgan fingerprint density at radius 1 is 1.20 bits per heavy atom. The highest BCUT2D eigenvalue weighted by molar-refractivity contribution is 5.42. The van der Waals surface area contributed by atoms with Crippen LogP contribution in [0.3, 0.4) is 0 Å². The number of rotatable bonds is 3. The summed E-state index contributed by atoms with van der Waals surface area (Å²) < 4.78 is 0. The predicted molar refractivity (Wildman–Crippen MR) is 61.0 cm³/mol. The lowest BCUT2D eigenvalue weighted by molar-refractivity contribution is -0.385. The summed E-state index contributed by atoms with van der Waals surface area (Å²) in [5.41, 5.74) is 2.08. The fraction of sp³-hybridized carbons (Fsp3) is 0.417. The Hall–Kier alpha value is -1.38. The fourth-order valence-corrected chi connectivity index (χ4v) is 1.38. The van der Waals surface area contributed by atoms with Gasteiger partial charge in [0.05, 0.1) is 4.92 Å². The standard InChI is InChI=1S/C12H16NO2/c1-8(2)10-5-11(9(3)4)7-12(6-10)13(14)15/h5-9H,1H2,2-4H3. The average Bonchev–Trinajstić information content (AvgIpc) is 2.16. The van der Waals surface area contributed by atoms with Gasteiger partial charge in [-0.1, -0.05) is 26.8 Å². The van der Waals surface area contributed by atoms with Crippen LogP contribution in [0.1, 0.15) is 43.7 Å². The fourth-order valence-electron chi connectivity index (χ4n) is 1.38. The quantitative estimate of drug-likeness (QED) is 0.559. The van der Waals surface area contributed by atoms with Crippen molar-refractivity contribution in [3.63, 3.8) is 0 Å². The van der Waals surface area contributed by atoms with Gasteiger partial charge in [0, 0.05) is 12.1 Å². The molecule has 1 aromatic rings. The number of non-ortho nitro benzene ring substituents is 1. The molecule has 0 saturated heterocycles. The number of nitro benzene ring substituents is 1. The van der Waals surface area contributed by atoms with Gasteiger partial charge in [0.15, 0.2) is 0 Å². The van der Waals surface area contributed by atoms with Gasteiger partial charge in [-0.05, 0) is 29.9 Å². The molecule has 1 atom stereocenters. The molecule has 1 radical (unpaired) electrons. The molecular formula is C12H16NO2. The summed E-state index contributed by atoms with van der Waals surface area (Å²) in [6, 6.07) is 5.23. The van der Waals surface area contributed by atoms with E-state index in [-0.39, 0.29) is 16.5 Å². The van der Waals surface area contributed by atoms with E-state index in [0.717, 1.165) is 11.1 Å². The molecule has 1 unspecified atom stereocenters. The summed E-state index contributed by atoms with van der Waals surface area (Å²) in [7, 11) is 0. The molecule has 0 aromatic heterocycles. The maximum Gasteiger partial charge on any atom is 0.269 e. The van der Waals surface area contributed by atoms with E-state index in [1.165, 1.54) is 0 Å². The highest BCUT2D eigenvalue weighted by Gasteiger charge is 2.13. The molecule has 0 N–H and O–H groups in total. The summed E-state index contributed by atoms with van der Waals surface area (Å²) in [5, 5.41) is 10.7. The number of hydrogen-bond acceptors (Lipinski definition) is 2. The first-order valence-electron chi connectivity index (χ1n) is 5.04. The Kier molecular flexibility index (Phi) is 3.45. The van der Waals surface area contributed by atoms with Gasteiger partial charge in [-0.15, -0.1) is 0 Å². The third kappa shape index (κ3) is 2.78. The molecule has 1 rings (SSSR count). The van der Waals surface area contributed by atoms with Crippen molar-refractivity contribution >= 4 is 5.69 Å². The van der Waals surface area contributed by atoms with Gasteiger partial charge in [-0.3, -0.25) is 10.1 Å². The van der Waals surface area contributed by atoms with Crippen LogP contribution in [-0.4, -0.2) is 4.92 Å². The molecule has 0 amide bonds. The van der Waals surface area contributed by atoms with Crippen LogP contribution >= 0.6 is 0 Å². The SMILES string of the molecule is [CH2]C(C)c1cc(C(C)C)cc([N+](=O)[O-])c1. The minimum atomic E-state index is -0.349. The van der Waals surface area contributed by atoms with Gasteiger partial charge in [0.25, 0.3) is 5.69 Å². The molecule has 1 aromatic carbocycles. The topological polar surface area (TPSA) is 43.1 Å². The van der Waals surface area contributed by atoms with Crippen molar-refractivity contribution in [1.82, 2.24) is 0 Å². The first kappa shape index (κ1) is 11.7. The molecule has 0 aliphatic rings. The summed E-state index contributed by atoms with van der Waals surface area (Å²) in [4.78, 5) is 10.4. The van der Waals surface area contributed by atoms with E-state index >= 15 is 0 Å². The first-order chi connectivity index (χ1) is 6.91. The molecule has 3 nitrogen and oxygen atoms in total. The van der Waals surface area contributed by atoms with Crippen LogP contribution in [0, 0.1) is 17.0 Å². The van der Waals surface area contributed by atoms with E-state index in [1.807, 2.05) is 26.8 Å². The van der Waals surface area contributed by atoms with E-state index in [0.29, 0.717) is 5.92 Å². The molecule has 0 heterocycles. The maximum atomic E-state index is 10.7. The van der Waals surface area contributed by atoms with E-state index in [2.05, 4.69) is 6.92 Å². The smallest absolute Gasteiger partial charge is 0.258 e. The lowest BCUT2D eigenvalue weighted by Gasteiger charge is -2.10. The van der Waals surface area contributed by atoms with Gasteiger partial charge in [-0.25, -0.2) is 0 Å². The van der Waals surface area contributed by atoms with Crippen molar-refractivity contribution in [3.8, 4) is 0 Å². The highest BCUT2D eigenvalue weighted by Crippen LogP contribution is 2.26.